The maximum atomic E-state index is 11.0. The Balaban J connectivity index is 2.87. The molecular weight excluding hydrogens is 211 g/mol. The number of phenols is 1. The van der Waals surface area contributed by atoms with Crippen LogP contribution in [0.5, 0.6) is 5.75 Å². The fourth-order valence-corrected chi connectivity index (χ4v) is 1.24. The van der Waals surface area contributed by atoms with Crippen molar-refractivity contribution < 1.29 is 9.90 Å². The van der Waals surface area contributed by atoms with Crippen LogP contribution in [0.1, 0.15) is 5.56 Å². The van der Waals surface area contributed by atoms with Gasteiger partial charge in [0.2, 0.25) is 0 Å². The Morgan fingerprint density at radius 2 is 2.15 bits per heavy atom. The van der Waals surface area contributed by atoms with E-state index in [-0.39, 0.29) is 23.8 Å². The molecule has 0 heterocycles. The van der Waals surface area contributed by atoms with Crippen molar-refractivity contribution in [2.24, 2.45) is 0 Å². The molecule has 4 heteroatoms. The van der Waals surface area contributed by atoms with E-state index in [0.717, 1.165) is 0 Å². The zero-order chi connectivity index (χ0) is 9.84. The Labute approximate surface area is 86.1 Å². The first-order valence-corrected chi connectivity index (χ1v) is 4.60. The molecule has 0 unspecified atom stereocenters. The normalized spacial score (nSPS) is 10.0. The molecule has 0 radical (unpaired) electrons. The van der Waals surface area contributed by atoms with Crippen molar-refractivity contribution in [1.82, 2.24) is 0 Å². The predicted octanol–water partition coefficient (Wildman–Crippen LogP) is 2.40. The summed E-state index contributed by atoms with van der Waals surface area (Å²) in [5, 5.41) is 9.82. The van der Waals surface area contributed by atoms with Crippen LogP contribution >= 0.6 is 23.2 Å². The van der Waals surface area contributed by atoms with Gasteiger partial charge in [0.25, 0.3) is 0 Å². The minimum atomic E-state index is -0.140. The zero-order valence-electron chi connectivity index (χ0n) is 6.76. The molecule has 1 aromatic rings. The number of benzene rings is 1. The van der Waals surface area contributed by atoms with Gasteiger partial charge in [-0.3, -0.25) is 4.79 Å². The van der Waals surface area contributed by atoms with Gasteiger partial charge < -0.3 is 5.11 Å². The minimum absolute atomic E-state index is 0.0496. The number of Topliss-reactive ketones (excluding diaryl/α,β-unsaturated/α-hetero) is 1. The second kappa shape index (κ2) is 4.49. The standard InChI is InChI=1S/C9H8Cl2O2/c10-5-8(12)4-6-3-7(11)1-2-9(6)13/h1-3,13H,4-5H2. The van der Waals surface area contributed by atoms with Gasteiger partial charge >= 0.3 is 0 Å². The maximum absolute atomic E-state index is 11.0. The summed E-state index contributed by atoms with van der Waals surface area (Å²) in [5.41, 5.74) is 0.512. The Kier molecular flexibility index (Phi) is 3.58. The molecule has 0 atom stereocenters. The van der Waals surface area contributed by atoms with Crippen molar-refractivity contribution in [2.75, 3.05) is 5.88 Å². The van der Waals surface area contributed by atoms with Gasteiger partial charge in [-0.05, 0) is 18.2 Å². The molecule has 1 N–H and O–H groups in total. The summed E-state index contributed by atoms with van der Waals surface area (Å²) < 4.78 is 0. The van der Waals surface area contributed by atoms with E-state index in [2.05, 4.69) is 0 Å². The van der Waals surface area contributed by atoms with Crippen LogP contribution in [-0.4, -0.2) is 16.8 Å². The number of alkyl halides is 1. The third kappa shape index (κ3) is 2.90. The van der Waals surface area contributed by atoms with E-state index in [1.54, 1.807) is 12.1 Å². The third-order valence-electron chi connectivity index (χ3n) is 1.58. The van der Waals surface area contributed by atoms with Crippen LogP contribution in [0.25, 0.3) is 0 Å². The van der Waals surface area contributed by atoms with Gasteiger partial charge in [0.1, 0.15) is 5.75 Å². The average Bonchev–Trinajstić information content (AvgIpc) is 2.11. The van der Waals surface area contributed by atoms with Crippen LogP contribution in [-0.2, 0) is 11.2 Å². The van der Waals surface area contributed by atoms with Crippen molar-refractivity contribution in [3.05, 3.63) is 28.8 Å². The minimum Gasteiger partial charge on any atom is -0.508 e. The van der Waals surface area contributed by atoms with Gasteiger partial charge in [0, 0.05) is 17.0 Å². The number of carbonyl (C=O) groups is 1. The zero-order valence-corrected chi connectivity index (χ0v) is 8.27. The van der Waals surface area contributed by atoms with E-state index >= 15 is 0 Å². The number of carbonyl (C=O) groups excluding carboxylic acids is 1. The third-order valence-corrected chi connectivity index (χ3v) is 2.11. The summed E-state index contributed by atoms with van der Waals surface area (Å²) >= 11 is 11.0. The van der Waals surface area contributed by atoms with Crippen LogP contribution in [0.2, 0.25) is 5.02 Å². The highest BCUT2D eigenvalue weighted by Crippen LogP contribution is 2.21. The lowest BCUT2D eigenvalue weighted by Crippen LogP contribution is -2.03. The first-order valence-electron chi connectivity index (χ1n) is 3.68. The van der Waals surface area contributed by atoms with Gasteiger partial charge in [0.05, 0.1) is 5.88 Å². The Hall–Kier alpha value is -0.730. The Morgan fingerprint density at radius 1 is 1.46 bits per heavy atom. The number of aromatic hydroxyl groups is 1. The van der Waals surface area contributed by atoms with E-state index < -0.39 is 0 Å². The first-order chi connectivity index (χ1) is 6.13. The van der Waals surface area contributed by atoms with E-state index in [0.29, 0.717) is 10.6 Å². The molecule has 0 bridgehead atoms. The molecule has 0 spiro atoms. The van der Waals surface area contributed by atoms with Crippen molar-refractivity contribution in [1.29, 1.82) is 0 Å². The molecule has 1 rings (SSSR count). The number of rotatable bonds is 3. The lowest BCUT2D eigenvalue weighted by atomic mass is 10.1. The van der Waals surface area contributed by atoms with Gasteiger partial charge in [-0.2, -0.15) is 0 Å². The van der Waals surface area contributed by atoms with Crippen LogP contribution in [0, 0.1) is 0 Å². The Bertz CT molecular complexity index is 323. The number of hydrogen-bond donors (Lipinski definition) is 1. The van der Waals surface area contributed by atoms with Crippen molar-refractivity contribution in [3.63, 3.8) is 0 Å². The smallest absolute Gasteiger partial charge is 0.152 e. The maximum Gasteiger partial charge on any atom is 0.152 e. The molecule has 70 valence electrons. The molecule has 0 aromatic heterocycles. The van der Waals surface area contributed by atoms with Crippen LogP contribution in [0.15, 0.2) is 18.2 Å². The van der Waals surface area contributed by atoms with E-state index in [1.165, 1.54) is 6.07 Å². The van der Waals surface area contributed by atoms with Crippen LogP contribution in [0.4, 0.5) is 0 Å². The van der Waals surface area contributed by atoms with E-state index in [9.17, 15) is 9.90 Å². The van der Waals surface area contributed by atoms with E-state index in [4.69, 9.17) is 23.2 Å². The molecule has 0 aliphatic heterocycles. The predicted molar refractivity (Wildman–Crippen MR) is 52.5 cm³/mol. The first kappa shape index (κ1) is 10.4. The second-order valence-electron chi connectivity index (χ2n) is 2.62. The molecule has 0 amide bonds. The average molecular weight is 219 g/mol. The molecule has 13 heavy (non-hydrogen) atoms. The molecule has 0 saturated carbocycles. The van der Waals surface area contributed by atoms with Crippen molar-refractivity contribution >= 4 is 29.0 Å². The molecule has 1 aromatic carbocycles. The highest BCUT2D eigenvalue weighted by Gasteiger charge is 2.06. The summed E-state index contributed by atoms with van der Waals surface area (Å²) in [5.74, 6) is -0.117. The molecule has 2 nitrogen and oxygen atoms in total. The highest BCUT2D eigenvalue weighted by atomic mass is 35.5. The van der Waals surface area contributed by atoms with Crippen molar-refractivity contribution in [2.45, 2.75) is 6.42 Å². The van der Waals surface area contributed by atoms with E-state index in [1.807, 2.05) is 0 Å². The molecule has 0 saturated heterocycles. The SMILES string of the molecule is O=C(CCl)Cc1cc(Cl)ccc1O. The van der Waals surface area contributed by atoms with Crippen LogP contribution < -0.4 is 0 Å². The number of phenolic OH excluding ortho intramolecular Hbond substituents is 1. The van der Waals surface area contributed by atoms with Gasteiger partial charge in [-0.1, -0.05) is 11.6 Å². The summed E-state index contributed by atoms with van der Waals surface area (Å²) in [6.07, 6.45) is 0.121. The summed E-state index contributed by atoms with van der Waals surface area (Å²) in [6.45, 7) is 0. The largest absolute Gasteiger partial charge is 0.508 e. The molecular formula is C9H8Cl2O2. The highest BCUT2D eigenvalue weighted by molar-refractivity contribution is 6.30. The number of hydrogen-bond acceptors (Lipinski definition) is 2. The summed E-state index contributed by atoms with van der Waals surface area (Å²) in [6, 6.07) is 4.58. The quantitative estimate of drug-likeness (QED) is 0.792. The topological polar surface area (TPSA) is 37.3 Å². The second-order valence-corrected chi connectivity index (χ2v) is 3.33. The van der Waals surface area contributed by atoms with Crippen molar-refractivity contribution in [3.8, 4) is 5.75 Å². The number of halogens is 2. The van der Waals surface area contributed by atoms with Gasteiger partial charge in [-0.25, -0.2) is 0 Å². The number of ketones is 1. The fraction of sp³-hybridized carbons (Fsp3) is 0.222. The lowest BCUT2D eigenvalue weighted by molar-refractivity contribution is -0.116. The molecule has 0 fully saturated rings. The molecule has 0 aliphatic rings. The van der Waals surface area contributed by atoms with Gasteiger partial charge in [0.15, 0.2) is 5.78 Å². The Morgan fingerprint density at radius 3 is 2.77 bits per heavy atom. The summed E-state index contributed by atoms with van der Waals surface area (Å²) in [7, 11) is 0. The molecule has 0 aliphatic carbocycles. The van der Waals surface area contributed by atoms with Gasteiger partial charge in [-0.15, -0.1) is 11.6 Å². The van der Waals surface area contributed by atoms with Crippen LogP contribution in [0.3, 0.4) is 0 Å². The fourth-order valence-electron chi connectivity index (χ4n) is 0.955. The lowest BCUT2D eigenvalue weighted by Gasteiger charge is -2.02. The monoisotopic (exact) mass is 218 g/mol. The summed E-state index contributed by atoms with van der Waals surface area (Å²) in [4.78, 5) is 11.0.